The lowest BCUT2D eigenvalue weighted by atomic mass is 10.00. The standard InChI is InChI=1S/C22H24BrN3O2/c1-4-8-26-14(2)10-16(15(26)3)11-17(13-24)22(27)25-20-7-9-28-21-6-5-18(23)12-19(20)21/h5-6,10-12,20H,4,7-9H2,1-3H3,(H,25,27)/b17-11-. The fraction of sp³-hybridized carbons (Fsp3) is 0.364. The molecule has 0 saturated carbocycles. The van der Waals surface area contributed by atoms with Gasteiger partial charge in [0.2, 0.25) is 0 Å². The summed E-state index contributed by atoms with van der Waals surface area (Å²) in [7, 11) is 0. The van der Waals surface area contributed by atoms with Crippen LogP contribution in [0.2, 0.25) is 0 Å². The van der Waals surface area contributed by atoms with Gasteiger partial charge < -0.3 is 14.6 Å². The Morgan fingerprint density at radius 3 is 2.93 bits per heavy atom. The molecule has 3 rings (SSSR count). The lowest BCUT2D eigenvalue weighted by molar-refractivity contribution is -0.117. The molecule has 2 heterocycles. The van der Waals surface area contributed by atoms with Crippen molar-refractivity contribution in [2.45, 2.75) is 46.2 Å². The Labute approximate surface area is 174 Å². The summed E-state index contributed by atoms with van der Waals surface area (Å²) >= 11 is 3.47. The van der Waals surface area contributed by atoms with Crippen molar-refractivity contribution in [3.05, 3.63) is 56.8 Å². The topological polar surface area (TPSA) is 67.0 Å². The second-order valence-electron chi connectivity index (χ2n) is 6.99. The van der Waals surface area contributed by atoms with Gasteiger partial charge in [0.1, 0.15) is 17.4 Å². The highest BCUT2D eigenvalue weighted by molar-refractivity contribution is 9.10. The van der Waals surface area contributed by atoms with E-state index in [9.17, 15) is 10.1 Å². The van der Waals surface area contributed by atoms with Crippen molar-refractivity contribution in [2.24, 2.45) is 0 Å². The molecule has 1 aliphatic heterocycles. The van der Waals surface area contributed by atoms with Crippen LogP contribution in [-0.2, 0) is 11.3 Å². The van der Waals surface area contributed by atoms with Crippen molar-refractivity contribution in [3.63, 3.8) is 0 Å². The smallest absolute Gasteiger partial charge is 0.262 e. The second kappa shape index (κ2) is 8.66. The molecule has 28 heavy (non-hydrogen) atoms. The molecule has 5 nitrogen and oxygen atoms in total. The normalized spacial score (nSPS) is 16.1. The number of ether oxygens (including phenoxy) is 1. The van der Waals surface area contributed by atoms with Gasteiger partial charge in [-0.2, -0.15) is 5.26 Å². The van der Waals surface area contributed by atoms with E-state index in [4.69, 9.17) is 4.74 Å². The van der Waals surface area contributed by atoms with Crippen LogP contribution in [0.3, 0.4) is 0 Å². The van der Waals surface area contributed by atoms with Crippen molar-refractivity contribution < 1.29 is 9.53 Å². The molecule has 0 saturated heterocycles. The maximum atomic E-state index is 12.8. The summed E-state index contributed by atoms with van der Waals surface area (Å²) in [6, 6.07) is 9.66. The van der Waals surface area contributed by atoms with Crippen LogP contribution >= 0.6 is 15.9 Å². The predicted octanol–water partition coefficient (Wildman–Crippen LogP) is 4.82. The van der Waals surface area contributed by atoms with Gasteiger partial charge in [-0.05, 0) is 56.2 Å². The van der Waals surface area contributed by atoms with Crippen molar-refractivity contribution in [1.29, 1.82) is 5.26 Å². The van der Waals surface area contributed by atoms with Gasteiger partial charge in [0.15, 0.2) is 0 Å². The number of aromatic nitrogens is 1. The molecule has 1 aliphatic rings. The monoisotopic (exact) mass is 441 g/mol. The number of hydrogen-bond donors (Lipinski definition) is 1. The molecule has 0 aliphatic carbocycles. The van der Waals surface area contributed by atoms with E-state index in [2.05, 4.69) is 38.8 Å². The van der Waals surface area contributed by atoms with Crippen LogP contribution < -0.4 is 10.1 Å². The van der Waals surface area contributed by atoms with Crippen LogP contribution in [0.4, 0.5) is 0 Å². The number of carbonyl (C=O) groups excluding carboxylic acids is 1. The first kappa shape index (κ1) is 20.2. The number of hydrogen-bond acceptors (Lipinski definition) is 3. The summed E-state index contributed by atoms with van der Waals surface area (Å²) in [6.45, 7) is 7.65. The number of nitriles is 1. The fourth-order valence-corrected chi connectivity index (χ4v) is 3.98. The summed E-state index contributed by atoms with van der Waals surface area (Å²) in [4.78, 5) is 12.8. The molecule has 1 N–H and O–H groups in total. The van der Waals surface area contributed by atoms with Crippen molar-refractivity contribution in [1.82, 2.24) is 9.88 Å². The Balaban J connectivity index is 1.84. The van der Waals surface area contributed by atoms with Crippen LogP contribution in [0.25, 0.3) is 6.08 Å². The molecule has 1 aromatic carbocycles. The number of carbonyl (C=O) groups is 1. The molecular weight excluding hydrogens is 418 g/mol. The minimum Gasteiger partial charge on any atom is -0.493 e. The fourth-order valence-electron chi connectivity index (χ4n) is 3.60. The predicted molar refractivity (Wildman–Crippen MR) is 113 cm³/mol. The highest BCUT2D eigenvalue weighted by Gasteiger charge is 2.24. The molecule has 0 fully saturated rings. The second-order valence-corrected chi connectivity index (χ2v) is 7.91. The third-order valence-corrected chi connectivity index (χ3v) is 5.53. The maximum absolute atomic E-state index is 12.8. The summed E-state index contributed by atoms with van der Waals surface area (Å²) in [5.74, 6) is 0.408. The van der Waals surface area contributed by atoms with Crippen LogP contribution in [0.15, 0.2) is 34.3 Å². The minimum absolute atomic E-state index is 0.111. The Morgan fingerprint density at radius 2 is 2.21 bits per heavy atom. The first-order chi connectivity index (χ1) is 13.4. The quantitative estimate of drug-likeness (QED) is 0.533. The summed E-state index contributed by atoms with van der Waals surface area (Å²) in [6.07, 6.45) is 3.38. The Hall–Kier alpha value is -2.52. The number of rotatable bonds is 5. The first-order valence-electron chi connectivity index (χ1n) is 9.46. The zero-order valence-electron chi connectivity index (χ0n) is 16.4. The summed E-state index contributed by atoms with van der Waals surface area (Å²) in [5.41, 5.74) is 4.15. The van der Waals surface area contributed by atoms with Gasteiger partial charge >= 0.3 is 0 Å². The maximum Gasteiger partial charge on any atom is 0.262 e. The molecule has 1 amide bonds. The number of benzene rings is 1. The van der Waals surface area contributed by atoms with Crippen LogP contribution in [0.5, 0.6) is 5.75 Å². The lowest BCUT2D eigenvalue weighted by Gasteiger charge is -2.26. The molecule has 0 bridgehead atoms. The Bertz CT molecular complexity index is 969. The summed E-state index contributed by atoms with van der Waals surface area (Å²) in [5, 5.41) is 12.6. The average molecular weight is 442 g/mol. The molecule has 1 unspecified atom stereocenters. The number of nitrogens with one attached hydrogen (secondary N) is 1. The van der Waals surface area contributed by atoms with E-state index >= 15 is 0 Å². The SMILES string of the molecule is CCCn1c(C)cc(/C=C(/C#N)C(=O)NC2CCOc3ccc(Br)cc32)c1C. The summed E-state index contributed by atoms with van der Waals surface area (Å²) < 4.78 is 8.81. The molecule has 1 aromatic heterocycles. The largest absolute Gasteiger partial charge is 0.493 e. The van der Waals surface area contributed by atoms with E-state index in [1.54, 1.807) is 6.08 Å². The van der Waals surface area contributed by atoms with Crippen LogP contribution in [0, 0.1) is 25.2 Å². The molecule has 0 spiro atoms. The zero-order valence-corrected chi connectivity index (χ0v) is 18.0. The Kier molecular flexibility index (Phi) is 6.25. The van der Waals surface area contributed by atoms with E-state index in [-0.39, 0.29) is 17.5 Å². The molecule has 2 aromatic rings. The first-order valence-corrected chi connectivity index (χ1v) is 10.3. The lowest BCUT2D eigenvalue weighted by Crippen LogP contribution is -2.32. The zero-order chi connectivity index (χ0) is 20.3. The minimum atomic E-state index is -0.361. The van der Waals surface area contributed by atoms with Crippen LogP contribution in [0.1, 0.15) is 48.3 Å². The average Bonchev–Trinajstić information content (AvgIpc) is 2.94. The van der Waals surface area contributed by atoms with Gasteiger partial charge in [-0.15, -0.1) is 0 Å². The van der Waals surface area contributed by atoms with E-state index in [0.717, 1.165) is 45.7 Å². The molecule has 6 heteroatoms. The van der Waals surface area contributed by atoms with Gasteiger partial charge in [0.25, 0.3) is 5.91 Å². The van der Waals surface area contributed by atoms with E-state index in [1.807, 2.05) is 38.1 Å². The van der Waals surface area contributed by atoms with E-state index < -0.39 is 0 Å². The molecule has 1 atom stereocenters. The third-order valence-electron chi connectivity index (χ3n) is 5.04. The number of aryl methyl sites for hydroxylation is 1. The van der Waals surface area contributed by atoms with Gasteiger partial charge in [-0.3, -0.25) is 4.79 Å². The molecule has 146 valence electrons. The number of nitrogens with zero attached hydrogens (tertiary/aromatic N) is 2. The third kappa shape index (κ3) is 4.15. The van der Waals surface area contributed by atoms with Gasteiger partial charge in [0.05, 0.1) is 12.6 Å². The van der Waals surface area contributed by atoms with Crippen molar-refractivity contribution >= 4 is 27.9 Å². The number of halogens is 1. The van der Waals surface area contributed by atoms with Crippen LogP contribution in [-0.4, -0.2) is 17.1 Å². The molecular formula is C22H24BrN3O2. The van der Waals surface area contributed by atoms with Gasteiger partial charge in [0, 0.05) is 34.4 Å². The van der Waals surface area contributed by atoms with Crippen molar-refractivity contribution in [3.8, 4) is 11.8 Å². The highest BCUT2D eigenvalue weighted by Crippen LogP contribution is 2.34. The number of fused-ring (bicyclic) bond motifs is 1. The van der Waals surface area contributed by atoms with Gasteiger partial charge in [-0.1, -0.05) is 22.9 Å². The van der Waals surface area contributed by atoms with Crippen molar-refractivity contribution in [2.75, 3.05) is 6.61 Å². The number of amides is 1. The van der Waals surface area contributed by atoms with Gasteiger partial charge in [-0.25, -0.2) is 0 Å². The molecule has 0 radical (unpaired) electrons. The Morgan fingerprint density at radius 1 is 1.43 bits per heavy atom. The van der Waals surface area contributed by atoms with E-state index in [0.29, 0.717) is 13.0 Å². The van der Waals surface area contributed by atoms with E-state index in [1.165, 1.54) is 0 Å². The highest BCUT2D eigenvalue weighted by atomic mass is 79.9.